The maximum absolute atomic E-state index is 13.5. The number of rotatable bonds is 3. The average molecular weight is 389 g/mol. The number of ketones is 1. The molecule has 0 saturated carbocycles. The first-order valence-electron chi connectivity index (χ1n) is 10.4. The van der Waals surface area contributed by atoms with Crippen LogP contribution in [0.15, 0.2) is 48.5 Å². The van der Waals surface area contributed by atoms with E-state index in [9.17, 15) is 14.4 Å². The minimum absolute atomic E-state index is 0.00805. The second-order valence-corrected chi connectivity index (χ2v) is 8.68. The van der Waals surface area contributed by atoms with Crippen LogP contribution in [-0.4, -0.2) is 36.2 Å². The van der Waals surface area contributed by atoms with E-state index in [4.69, 9.17) is 0 Å². The normalized spacial score (nSPS) is 30.6. The van der Waals surface area contributed by atoms with Crippen molar-refractivity contribution in [2.45, 2.75) is 38.8 Å². The van der Waals surface area contributed by atoms with E-state index in [2.05, 4.69) is 0 Å². The number of aryl methyl sites for hydroxylation is 2. The third-order valence-electron chi connectivity index (χ3n) is 6.96. The number of fused-ring (bicyclic) bond motifs is 3. The quantitative estimate of drug-likeness (QED) is 0.642. The topological polar surface area (TPSA) is 58.9 Å². The molecule has 2 amide bonds. The molecular formula is C24H25N2O3+. The molecule has 1 N–H and O–H groups in total. The van der Waals surface area contributed by atoms with Crippen LogP contribution in [0.3, 0.4) is 0 Å². The number of quaternary nitrogens is 1. The molecule has 5 rings (SSSR count). The predicted molar refractivity (Wildman–Crippen MR) is 109 cm³/mol. The molecule has 2 aromatic rings. The van der Waals surface area contributed by atoms with Gasteiger partial charge in [0.2, 0.25) is 17.6 Å². The van der Waals surface area contributed by atoms with Gasteiger partial charge in [-0.1, -0.05) is 47.5 Å². The summed E-state index contributed by atoms with van der Waals surface area (Å²) in [6.07, 6.45) is 1.89. The maximum Gasteiger partial charge on any atom is 0.244 e. The molecule has 3 fully saturated rings. The number of benzene rings is 2. The van der Waals surface area contributed by atoms with Gasteiger partial charge in [0.25, 0.3) is 0 Å². The van der Waals surface area contributed by atoms with Gasteiger partial charge in [-0.3, -0.25) is 14.4 Å². The van der Waals surface area contributed by atoms with Gasteiger partial charge >= 0.3 is 0 Å². The summed E-state index contributed by atoms with van der Waals surface area (Å²) in [4.78, 5) is 42.8. The zero-order valence-electron chi connectivity index (χ0n) is 16.7. The summed E-state index contributed by atoms with van der Waals surface area (Å²) in [5, 5.41) is 0. The molecule has 2 aromatic carbocycles. The highest BCUT2D eigenvalue weighted by molar-refractivity contribution is 6.24. The Morgan fingerprint density at radius 2 is 1.48 bits per heavy atom. The van der Waals surface area contributed by atoms with E-state index in [1.165, 1.54) is 4.90 Å². The molecule has 5 nitrogen and oxygen atoms in total. The fraction of sp³-hybridized carbons (Fsp3) is 0.375. The number of Topliss-reactive ketones (excluding diaryl/α,β-unsaturated/α-hetero) is 1. The van der Waals surface area contributed by atoms with Crippen LogP contribution in [0.4, 0.5) is 5.69 Å². The number of carbonyl (C=O) groups excluding carboxylic acids is 3. The van der Waals surface area contributed by atoms with Crippen molar-refractivity contribution >= 4 is 23.3 Å². The highest BCUT2D eigenvalue weighted by Gasteiger charge is 2.68. The molecule has 0 aromatic heterocycles. The van der Waals surface area contributed by atoms with Gasteiger partial charge in [0.1, 0.15) is 17.9 Å². The zero-order chi connectivity index (χ0) is 20.3. The van der Waals surface area contributed by atoms with Crippen molar-refractivity contribution in [2.75, 3.05) is 11.4 Å². The Morgan fingerprint density at radius 3 is 2.14 bits per heavy atom. The lowest BCUT2D eigenvalue weighted by Crippen LogP contribution is -3.16. The van der Waals surface area contributed by atoms with Crippen molar-refractivity contribution in [1.29, 1.82) is 0 Å². The monoisotopic (exact) mass is 389 g/mol. The third kappa shape index (κ3) is 2.68. The van der Waals surface area contributed by atoms with Crippen molar-refractivity contribution in [2.24, 2.45) is 11.8 Å². The van der Waals surface area contributed by atoms with Crippen LogP contribution in [-0.2, 0) is 9.59 Å². The number of hydrogen-bond acceptors (Lipinski definition) is 3. The van der Waals surface area contributed by atoms with E-state index in [0.29, 0.717) is 11.3 Å². The first kappa shape index (κ1) is 18.3. The van der Waals surface area contributed by atoms with Gasteiger partial charge in [0, 0.05) is 18.4 Å². The Hall–Kier alpha value is -2.79. The van der Waals surface area contributed by atoms with Gasteiger partial charge in [-0.2, -0.15) is 0 Å². The van der Waals surface area contributed by atoms with Gasteiger partial charge in [-0.15, -0.1) is 0 Å². The molecule has 3 aliphatic rings. The number of amides is 2. The average Bonchev–Trinajstić information content (AvgIpc) is 3.35. The summed E-state index contributed by atoms with van der Waals surface area (Å²) in [5.74, 6) is -1.30. The number of hydrogen-bond donors (Lipinski definition) is 1. The first-order valence-corrected chi connectivity index (χ1v) is 10.4. The predicted octanol–water partition coefficient (Wildman–Crippen LogP) is 1.72. The van der Waals surface area contributed by atoms with Gasteiger partial charge in [-0.05, 0) is 26.0 Å². The summed E-state index contributed by atoms with van der Waals surface area (Å²) < 4.78 is 0. The van der Waals surface area contributed by atoms with Crippen LogP contribution < -0.4 is 9.80 Å². The van der Waals surface area contributed by atoms with Gasteiger partial charge in [0.05, 0.1) is 12.2 Å². The van der Waals surface area contributed by atoms with Crippen LogP contribution in [0.1, 0.15) is 34.3 Å². The SMILES string of the molecule is Cc1ccc(C(=O)[C@@H]2[C@H]3C(=O)N(c4ccc(C)cc4)C(=O)[C@@H]3[C@H]3CCC[NH+]32)cc1. The van der Waals surface area contributed by atoms with Crippen LogP contribution in [0.25, 0.3) is 0 Å². The minimum atomic E-state index is -0.557. The highest BCUT2D eigenvalue weighted by atomic mass is 16.2. The maximum atomic E-state index is 13.5. The van der Waals surface area contributed by atoms with Crippen LogP contribution >= 0.6 is 0 Å². The molecule has 148 valence electrons. The van der Waals surface area contributed by atoms with Crippen molar-refractivity contribution in [3.8, 4) is 0 Å². The van der Waals surface area contributed by atoms with Crippen LogP contribution in [0.2, 0.25) is 0 Å². The van der Waals surface area contributed by atoms with Crippen molar-refractivity contribution < 1.29 is 19.3 Å². The van der Waals surface area contributed by atoms with E-state index in [-0.39, 0.29) is 29.6 Å². The number of nitrogens with one attached hydrogen (secondary N) is 1. The summed E-state index contributed by atoms with van der Waals surface area (Å²) >= 11 is 0. The lowest BCUT2D eigenvalue weighted by Gasteiger charge is -2.25. The fourth-order valence-corrected chi connectivity index (χ4v) is 5.59. The standard InChI is InChI=1S/C24H24N2O3/c1-14-5-9-16(10-6-14)22(27)21-20-19(18-4-3-13-25(18)21)23(28)26(24(20)29)17-11-7-15(2)8-12-17/h5-12,18-21H,3-4,13H2,1-2H3/p+1/t18-,19-,20+,21+/m1/s1. The lowest BCUT2D eigenvalue weighted by molar-refractivity contribution is -0.915. The molecule has 0 spiro atoms. The Morgan fingerprint density at radius 1 is 0.897 bits per heavy atom. The summed E-state index contributed by atoms with van der Waals surface area (Å²) in [7, 11) is 0. The second-order valence-electron chi connectivity index (χ2n) is 8.68. The molecule has 5 atom stereocenters. The second kappa shape index (κ2) is 6.63. The first-order chi connectivity index (χ1) is 14.0. The zero-order valence-corrected chi connectivity index (χ0v) is 16.7. The van der Waals surface area contributed by atoms with Gasteiger partial charge in [0.15, 0.2) is 6.04 Å². The molecule has 5 heteroatoms. The molecule has 3 heterocycles. The number of anilines is 1. The Kier molecular flexibility index (Phi) is 4.17. The van der Waals surface area contributed by atoms with Gasteiger partial charge in [-0.25, -0.2) is 4.90 Å². The molecular weight excluding hydrogens is 364 g/mol. The number of carbonyl (C=O) groups is 3. The van der Waals surface area contributed by atoms with Crippen molar-refractivity contribution in [3.63, 3.8) is 0 Å². The lowest BCUT2D eigenvalue weighted by atomic mass is 9.85. The highest BCUT2D eigenvalue weighted by Crippen LogP contribution is 2.40. The van der Waals surface area contributed by atoms with E-state index in [1.807, 2.05) is 62.4 Å². The van der Waals surface area contributed by atoms with Crippen LogP contribution in [0.5, 0.6) is 0 Å². The Bertz CT molecular complexity index is 996. The van der Waals surface area contributed by atoms with Gasteiger partial charge < -0.3 is 4.90 Å². The smallest absolute Gasteiger partial charge is 0.244 e. The number of imide groups is 1. The molecule has 29 heavy (non-hydrogen) atoms. The Balaban J connectivity index is 1.54. The molecule has 0 bridgehead atoms. The van der Waals surface area contributed by atoms with E-state index in [1.54, 1.807) is 0 Å². The van der Waals surface area contributed by atoms with E-state index in [0.717, 1.165) is 35.4 Å². The molecule has 1 unspecified atom stereocenters. The molecule has 3 aliphatic heterocycles. The van der Waals surface area contributed by atoms with E-state index >= 15 is 0 Å². The summed E-state index contributed by atoms with van der Waals surface area (Å²) in [6, 6.07) is 14.6. The summed E-state index contributed by atoms with van der Waals surface area (Å²) in [5.41, 5.74) is 3.41. The van der Waals surface area contributed by atoms with Crippen molar-refractivity contribution in [1.82, 2.24) is 0 Å². The molecule has 0 aliphatic carbocycles. The van der Waals surface area contributed by atoms with E-state index < -0.39 is 12.0 Å². The van der Waals surface area contributed by atoms with Crippen molar-refractivity contribution in [3.05, 3.63) is 65.2 Å². The minimum Gasteiger partial charge on any atom is -0.322 e. The Labute approximate surface area is 170 Å². The number of nitrogens with zero attached hydrogens (tertiary/aromatic N) is 1. The largest absolute Gasteiger partial charge is 0.322 e. The molecule has 0 radical (unpaired) electrons. The van der Waals surface area contributed by atoms with Crippen LogP contribution in [0, 0.1) is 25.7 Å². The summed E-state index contributed by atoms with van der Waals surface area (Å²) in [6.45, 7) is 4.81. The molecule has 3 saturated heterocycles. The fourth-order valence-electron chi connectivity index (χ4n) is 5.59. The third-order valence-corrected chi connectivity index (χ3v) is 6.96.